The zero-order valence-corrected chi connectivity index (χ0v) is 18.7. The van der Waals surface area contributed by atoms with Crippen LogP contribution in [0.15, 0.2) is 70.3 Å². The van der Waals surface area contributed by atoms with Crippen LogP contribution in [0.5, 0.6) is 0 Å². The first-order chi connectivity index (χ1) is 15.2. The standard InChI is InChI=1S/C26H27NO5/c1-26(2,3)18-11-9-16(10-12-18)22-21(24(29)25(30)27(22)13-14-31-4)23(28)20-15-17-7-5-6-8-19(17)32-20/h5-12,15,22,29H,13-14H2,1-4H3. The number of nitrogens with zero attached hydrogens (tertiary/aromatic N) is 1. The molecule has 6 heteroatoms. The second-order valence-electron chi connectivity index (χ2n) is 9.01. The van der Waals surface area contributed by atoms with Crippen molar-refractivity contribution in [2.24, 2.45) is 0 Å². The first kappa shape index (κ1) is 21.8. The van der Waals surface area contributed by atoms with Gasteiger partial charge >= 0.3 is 0 Å². The quantitative estimate of drug-likeness (QED) is 0.556. The Labute approximate surface area is 187 Å². The fourth-order valence-electron chi connectivity index (χ4n) is 4.04. The molecule has 2 aromatic carbocycles. The number of benzene rings is 2. The minimum absolute atomic E-state index is 0.0219. The summed E-state index contributed by atoms with van der Waals surface area (Å²) in [6.45, 7) is 6.88. The van der Waals surface area contributed by atoms with Gasteiger partial charge in [0.2, 0.25) is 5.78 Å². The van der Waals surface area contributed by atoms with Gasteiger partial charge in [0.05, 0.1) is 18.2 Å². The molecular weight excluding hydrogens is 406 g/mol. The van der Waals surface area contributed by atoms with Crippen molar-refractivity contribution >= 4 is 22.7 Å². The number of ether oxygens (including phenoxy) is 1. The fraction of sp³-hybridized carbons (Fsp3) is 0.308. The molecule has 0 aliphatic carbocycles. The summed E-state index contributed by atoms with van der Waals surface area (Å²) >= 11 is 0. The third-order valence-corrected chi connectivity index (χ3v) is 5.83. The van der Waals surface area contributed by atoms with E-state index in [0.29, 0.717) is 5.58 Å². The lowest BCUT2D eigenvalue weighted by Gasteiger charge is -2.27. The Morgan fingerprint density at radius 3 is 2.44 bits per heavy atom. The number of hydrogen-bond donors (Lipinski definition) is 1. The average molecular weight is 434 g/mol. The summed E-state index contributed by atoms with van der Waals surface area (Å²) in [6.07, 6.45) is 0. The van der Waals surface area contributed by atoms with Crippen molar-refractivity contribution in [2.75, 3.05) is 20.3 Å². The molecule has 0 saturated heterocycles. The lowest BCUT2D eigenvalue weighted by atomic mass is 9.85. The second kappa shape index (κ2) is 8.28. The van der Waals surface area contributed by atoms with E-state index in [9.17, 15) is 14.7 Å². The molecule has 6 nitrogen and oxygen atoms in total. The molecule has 0 saturated carbocycles. The Morgan fingerprint density at radius 1 is 1.12 bits per heavy atom. The van der Waals surface area contributed by atoms with Crippen molar-refractivity contribution in [3.05, 3.63) is 82.8 Å². The van der Waals surface area contributed by atoms with Gasteiger partial charge in [-0.05, 0) is 28.7 Å². The zero-order valence-electron chi connectivity index (χ0n) is 18.7. The molecule has 2 heterocycles. The van der Waals surface area contributed by atoms with E-state index < -0.39 is 23.5 Å². The van der Waals surface area contributed by atoms with Gasteiger partial charge in [0.25, 0.3) is 5.91 Å². The number of fused-ring (bicyclic) bond motifs is 1. The number of rotatable bonds is 6. The van der Waals surface area contributed by atoms with Crippen molar-refractivity contribution in [3.63, 3.8) is 0 Å². The van der Waals surface area contributed by atoms with Gasteiger partial charge in [-0.25, -0.2) is 0 Å². The van der Waals surface area contributed by atoms with Gasteiger partial charge in [-0.2, -0.15) is 0 Å². The van der Waals surface area contributed by atoms with E-state index in [1.165, 1.54) is 4.90 Å². The van der Waals surface area contributed by atoms with Gasteiger partial charge < -0.3 is 19.2 Å². The number of Topliss-reactive ketones (excluding diaryl/α,β-unsaturated/α-hetero) is 1. The highest BCUT2D eigenvalue weighted by atomic mass is 16.5. The number of hydrogen-bond acceptors (Lipinski definition) is 5. The molecule has 1 aliphatic rings. The number of carbonyl (C=O) groups is 2. The Kier molecular flexibility index (Phi) is 5.65. The van der Waals surface area contributed by atoms with Crippen molar-refractivity contribution in [1.29, 1.82) is 0 Å². The van der Waals surface area contributed by atoms with Crippen LogP contribution in [0.4, 0.5) is 0 Å². The van der Waals surface area contributed by atoms with E-state index in [4.69, 9.17) is 9.15 Å². The van der Waals surface area contributed by atoms with E-state index in [2.05, 4.69) is 20.8 Å². The SMILES string of the molecule is COCCN1C(=O)C(O)=C(C(=O)c2cc3ccccc3o2)C1c1ccc(C(C)(C)C)cc1. The fourth-order valence-corrected chi connectivity index (χ4v) is 4.04. The molecule has 1 unspecified atom stereocenters. The number of methoxy groups -OCH3 is 1. The summed E-state index contributed by atoms with van der Waals surface area (Å²) in [6, 6.07) is 16.0. The first-order valence-corrected chi connectivity index (χ1v) is 10.6. The molecule has 1 aromatic heterocycles. The molecule has 0 fully saturated rings. The Hall–Kier alpha value is -3.38. The first-order valence-electron chi connectivity index (χ1n) is 10.6. The van der Waals surface area contributed by atoms with Gasteiger partial charge in [-0.3, -0.25) is 9.59 Å². The van der Waals surface area contributed by atoms with Crippen molar-refractivity contribution < 1.29 is 23.8 Å². The Balaban J connectivity index is 1.78. The molecule has 3 aromatic rings. The van der Waals surface area contributed by atoms with Crippen LogP contribution in [-0.4, -0.2) is 42.0 Å². The number of aliphatic hydroxyl groups excluding tert-OH is 1. The number of carbonyl (C=O) groups excluding carboxylic acids is 2. The van der Waals surface area contributed by atoms with E-state index in [1.54, 1.807) is 19.2 Å². The van der Waals surface area contributed by atoms with Gasteiger partial charge in [-0.1, -0.05) is 63.2 Å². The number of aliphatic hydroxyl groups is 1. The molecule has 1 amide bonds. The third kappa shape index (κ3) is 3.82. The molecule has 32 heavy (non-hydrogen) atoms. The smallest absolute Gasteiger partial charge is 0.290 e. The van der Waals surface area contributed by atoms with E-state index in [1.807, 2.05) is 42.5 Å². The summed E-state index contributed by atoms with van der Waals surface area (Å²) in [5.41, 5.74) is 2.43. The monoisotopic (exact) mass is 433 g/mol. The molecule has 0 radical (unpaired) electrons. The van der Waals surface area contributed by atoms with Crippen LogP contribution in [0, 0.1) is 0 Å². The molecular formula is C26H27NO5. The van der Waals surface area contributed by atoms with E-state index >= 15 is 0 Å². The predicted molar refractivity (Wildman–Crippen MR) is 122 cm³/mol. The van der Waals surface area contributed by atoms with Crippen LogP contribution < -0.4 is 0 Å². The Morgan fingerprint density at radius 2 is 1.81 bits per heavy atom. The molecule has 1 aliphatic heterocycles. The van der Waals surface area contributed by atoms with Gasteiger partial charge in [0.1, 0.15) is 5.58 Å². The number of para-hydroxylation sites is 1. The summed E-state index contributed by atoms with van der Waals surface area (Å²) in [5.74, 6) is -1.55. The summed E-state index contributed by atoms with van der Waals surface area (Å²) in [5, 5.41) is 11.5. The van der Waals surface area contributed by atoms with Crippen LogP contribution in [0.1, 0.15) is 48.5 Å². The maximum absolute atomic E-state index is 13.5. The molecule has 1 N–H and O–H groups in total. The van der Waals surface area contributed by atoms with Crippen LogP contribution >= 0.6 is 0 Å². The minimum atomic E-state index is -0.729. The maximum Gasteiger partial charge on any atom is 0.290 e. The predicted octanol–water partition coefficient (Wildman–Crippen LogP) is 4.96. The van der Waals surface area contributed by atoms with E-state index in [0.717, 1.165) is 16.5 Å². The minimum Gasteiger partial charge on any atom is -0.503 e. The normalized spacial score (nSPS) is 16.9. The van der Waals surface area contributed by atoms with Gasteiger partial charge in [0.15, 0.2) is 11.5 Å². The number of furan rings is 1. The van der Waals surface area contributed by atoms with Crippen molar-refractivity contribution in [2.45, 2.75) is 32.2 Å². The van der Waals surface area contributed by atoms with Crippen molar-refractivity contribution in [3.8, 4) is 0 Å². The van der Waals surface area contributed by atoms with E-state index in [-0.39, 0.29) is 29.9 Å². The topological polar surface area (TPSA) is 80.0 Å². The van der Waals surface area contributed by atoms with Gasteiger partial charge in [0, 0.05) is 19.0 Å². The summed E-state index contributed by atoms with van der Waals surface area (Å²) in [7, 11) is 1.54. The molecule has 166 valence electrons. The molecule has 0 bridgehead atoms. The average Bonchev–Trinajstić information content (AvgIpc) is 3.31. The highest BCUT2D eigenvalue weighted by molar-refractivity contribution is 6.16. The van der Waals surface area contributed by atoms with Crippen LogP contribution in [-0.2, 0) is 14.9 Å². The number of ketones is 1. The van der Waals surface area contributed by atoms with Crippen LogP contribution in [0.3, 0.4) is 0 Å². The number of amides is 1. The molecule has 0 spiro atoms. The summed E-state index contributed by atoms with van der Waals surface area (Å²) in [4.78, 5) is 27.9. The van der Waals surface area contributed by atoms with Crippen molar-refractivity contribution in [1.82, 2.24) is 4.90 Å². The molecule has 4 rings (SSSR count). The third-order valence-electron chi connectivity index (χ3n) is 5.83. The highest BCUT2D eigenvalue weighted by Gasteiger charge is 2.44. The lowest BCUT2D eigenvalue weighted by molar-refractivity contribution is -0.130. The van der Waals surface area contributed by atoms with Gasteiger partial charge in [-0.15, -0.1) is 0 Å². The largest absolute Gasteiger partial charge is 0.503 e. The maximum atomic E-state index is 13.5. The second-order valence-corrected chi connectivity index (χ2v) is 9.01. The zero-order chi connectivity index (χ0) is 23.0. The Bertz CT molecular complexity index is 1160. The highest BCUT2D eigenvalue weighted by Crippen LogP contribution is 2.40. The van der Waals surface area contributed by atoms with Crippen LogP contribution in [0.2, 0.25) is 0 Å². The molecule has 1 atom stereocenters. The summed E-state index contributed by atoms with van der Waals surface area (Å²) < 4.78 is 10.9. The van der Waals surface area contributed by atoms with Crippen LogP contribution in [0.25, 0.3) is 11.0 Å². The lowest BCUT2D eigenvalue weighted by Crippen LogP contribution is -2.34.